The number of rotatable bonds is 3. The molecule has 0 aromatic heterocycles. The summed E-state index contributed by atoms with van der Waals surface area (Å²) >= 11 is 7.28. The van der Waals surface area contributed by atoms with E-state index in [2.05, 4.69) is 5.32 Å². The van der Waals surface area contributed by atoms with Gasteiger partial charge in [0.2, 0.25) is 0 Å². The van der Waals surface area contributed by atoms with E-state index in [1.807, 2.05) is 6.07 Å². The predicted molar refractivity (Wildman–Crippen MR) is 74.3 cm³/mol. The molecule has 2 N–H and O–H groups in total. The van der Waals surface area contributed by atoms with Crippen LogP contribution in [-0.2, 0) is 11.3 Å². The topological polar surface area (TPSA) is 69.6 Å². The van der Waals surface area contributed by atoms with Gasteiger partial charge < -0.3 is 15.3 Å². The maximum Gasteiger partial charge on any atom is 0.327 e. The maximum absolute atomic E-state index is 11.9. The summed E-state index contributed by atoms with van der Waals surface area (Å²) in [4.78, 5) is 24.2. The van der Waals surface area contributed by atoms with Crippen LogP contribution in [0.25, 0.3) is 0 Å². The zero-order valence-corrected chi connectivity index (χ0v) is 11.6. The van der Waals surface area contributed by atoms with Gasteiger partial charge in [0.15, 0.2) is 0 Å². The fraction of sp³-hybridized carbons (Fsp3) is 0.333. The minimum absolute atomic E-state index is 0.326. The average Bonchev–Trinajstić information content (AvgIpc) is 2.85. The molecule has 2 amide bonds. The number of carboxylic acids is 1. The highest BCUT2D eigenvalue weighted by atomic mass is 35.5. The molecular formula is C12H13ClN2O3S. The average molecular weight is 301 g/mol. The van der Waals surface area contributed by atoms with Crippen LogP contribution < -0.4 is 5.32 Å². The van der Waals surface area contributed by atoms with Crippen LogP contribution >= 0.6 is 23.4 Å². The van der Waals surface area contributed by atoms with Gasteiger partial charge in [-0.3, -0.25) is 0 Å². The van der Waals surface area contributed by atoms with Crippen LogP contribution in [0.15, 0.2) is 24.3 Å². The Bertz CT molecular complexity index is 498. The third-order valence-corrected chi connectivity index (χ3v) is 4.01. The first kappa shape index (κ1) is 14.0. The fourth-order valence-corrected chi connectivity index (χ4v) is 3.13. The predicted octanol–water partition coefficient (Wildman–Crippen LogP) is 2.01. The molecule has 102 valence electrons. The summed E-state index contributed by atoms with van der Waals surface area (Å²) < 4.78 is 0. The van der Waals surface area contributed by atoms with Crippen molar-refractivity contribution < 1.29 is 14.7 Å². The van der Waals surface area contributed by atoms with Crippen LogP contribution in [0.2, 0.25) is 5.02 Å². The summed E-state index contributed by atoms with van der Waals surface area (Å²) in [6.07, 6.45) is 0. The molecule has 1 unspecified atom stereocenters. The number of hydrogen-bond acceptors (Lipinski definition) is 3. The van der Waals surface area contributed by atoms with Crippen molar-refractivity contribution in [3.8, 4) is 0 Å². The van der Waals surface area contributed by atoms with E-state index in [9.17, 15) is 9.59 Å². The van der Waals surface area contributed by atoms with E-state index < -0.39 is 12.0 Å². The van der Waals surface area contributed by atoms with Gasteiger partial charge in [-0.05, 0) is 17.7 Å². The fourth-order valence-electron chi connectivity index (χ4n) is 1.77. The Morgan fingerprint density at radius 1 is 1.53 bits per heavy atom. The summed E-state index contributed by atoms with van der Waals surface area (Å²) in [7, 11) is 0. The van der Waals surface area contributed by atoms with Crippen molar-refractivity contribution in [2.45, 2.75) is 12.6 Å². The number of benzene rings is 1. The number of amides is 2. The highest BCUT2D eigenvalue weighted by Crippen LogP contribution is 2.21. The van der Waals surface area contributed by atoms with Gasteiger partial charge in [0, 0.05) is 17.3 Å². The Hall–Kier alpha value is -1.40. The van der Waals surface area contributed by atoms with Gasteiger partial charge in [-0.1, -0.05) is 23.7 Å². The minimum atomic E-state index is -0.970. The van der Waals surface area contributed by atoms with E-state index in [-0.39, 0.29) is 6.03 Å². The molecule has 1 heterocycles. The number of thioether (sulfide) groups is 1. The molecule has 1 fully saturated rings. The van der Waals surface area contributed by atoms with Gasteiger partial charge in [0.1, 0.15) is 6.04 Å². The molecule has 7 heteroatoms. The van der Waals surface area contributed by atoms with Crippen molar-refractivity contribution in [1.29, 1.82) is 0 Å². The Morgan fingerprint density at radius 3 is 3.00 bits per heavy atom. The molecule has 1 aromatic carbocycles. The number of carboxylic acid groups (broad SMARTS) is 1. The standard InChI is InChI=1S/C12H13ClN2O3S/c13-9-3-1-2-8(4-9)5-14-12(18)15-7-19-6-10(15)11(16)17/h1-4,10H,5-7H2,(H,14,18)(H,16,17). The van der Waals surface area contributed by atoms with E-state index in [4.69, 9.17) is 16.7 Å². The molecule has 0 spiro atoms. The molecule has 1 atom stereocenters. The second-order valence-electron chi connectivity index (χ2n) is 4.11. The largest absolute Gasteiger partial charge is 0.480 e. The minimum Gasteiger partial charge on any atom is -0.480 e. The van der Waals surface area contributed by atoms with Crippen LogP contribution in [0.4, 0.5) is 4.79 Å². The molecule has 0 saturated carbocycles. The third kappa shape index (κ3) is 3.54. The highest BCUT2D eigenvalue weighted by Gasteiger charge is 2.34. The van der Waals surface area contributed by atoms with E-state index in [0.717, 1.165) is 5.56 Å². The van der Waals surface area contributed by atoms with Crippen molar-refractivity contribution in [2.75, 3.05) is 11.6 Å². The molecule has 5 nitrogen and oxygen atoms in total. The Labute approximate surface area is 119 Å². The summed E-state index contributed by atoms with van der Waals surface area (Å²) in [5.74, 6) is -0.138. The van der Waals surface area contributed by atoms with Crippen molar-refractivity contribution >= 4 is 35.4 Å². The van der Waals surface area contributed by atoms with E-state index in [0.29, 0.717) is 23.2 Å². The van der Waals surface area contributed by atoms with Gasteiger partial charge in [0.25, 0.3) is 0 Å². The van der Waals surface area contributed by atoms with Crippen LogP contribution in [0.1, 0.15) is 5.56 Å². The van der Waals surface area contributed by atoms with E-state index >= 15 is 0 Å². The van der Waals surface area contributed by atoms with Gasteiger partial charge in [-0.2, -0.15) is 0 Å². The molecule has 0 bridgehead atoms. The Morgan fingerprint density at radius 2 is 2.32 bits per heavy atom. The van der Waals surface area contributed by atoms with Gasteiger partial charge in [0.05, 0.1) is 5.88 Å². The number of nitrogens with zero attached hydrogens (tertiary/aromatic N) is 1. The number of carbonyl (C=O) groups excluding carboxylic acids is 1. The normalized spacial score (nSPS) is 18.4. The van der Waals surface area contributed by atoms with Crippen LogP contribution in [0, 0.1) is 0 Å². The summed E-state index contributed by atoms with van der Waals surface area (Å²) in [5.41, 5.74) is 0.875. The SMILES string of the molecule is O=C(O)C1CSCN1C(=O)NCc1cccc(Cl)c1. The molecule has 19 heavy (non-hydrogen) atoms. The van der Waals surface area contributed by atoms with Crippen LogP contribution in [0.5, 0.6) is 0 Å². The number of nitrogens with one attached hydrogen (secondary N) is 1. The van der Waals surface area contributed by atoms with Gasteiger partial charge >= 0.3 is 12.0 Å². The lowest BCUT2D eigenvalue weighted by atomic mass is 10.2. The molecule has 0 aliphatic carbocycles. The summed E-state index contributed by atoms with van der Waals surface area (Å²) in [6, 6.07) is 6.05. The second kappa shape index (κ2) is 6.16. The first-order valence-corrected chi connectivity index (χ1v) is 7.20. The number of halogens is 1. The third-order valence-electron chi connectivity index (χ3n) is 2.76. The van der Waals surface area contributed by atoms with E-state index in [1.165, 1.54) is 16.7 Å². The van der Waals surface area contributed by atoms with Crippen LogP contribution in [0.3, 0.4) is 0 Å². The lowest BCUT2D eigenvalue weighted by Crippen LogP contribution is -2.46. The lowest BCUT2D eigenvalue weighted by molar-refractivity contribution is -0.140. The number of hydrogen-bond donors (Lipinski definition) is 2. The van der Waals surface area contributed by atoms with Crippen molar-refractivity contribution in [3.05, 3.63) is 34.9 Å². The van der Waals surface area contributed by atoms with Crippen molar-refractivity contribution in [1.82, 2.24) is 10.2 Å². The van der Waals surface area contributed by atoms with E-state index in [1.54, 1.807) is 18.2 Å². The zero-order valence-electron chi connectivity index (χ0n) is 10.0. The number of urea groups is 1. The molecular weight excluding hydrogens is 288 g/mol. The smallest absolute Gasteiger partial charge is 0.327 e. The Kier molecular flexibility index (Phi) is 4.55. The first-order chi connectivity index (χ1) is 9.08. The Balaban J connectivity index is 1.92. The molecule has 1 aromatic rings. The maximum atomic E-state index is 11.9. The summed E-state index contributed by atoms with van der Waals surface area (Å²) in [6.45, 7) is 0.326. The van der Waals surface area contributed by atoms with Crippen molar-refractivity contribution in [2.24, 2.45) is 0 Å². The highest BCUT2D eigenvalue weighted by molar-refractivity contribution is 7.99. The molecule has 2 rings (SSSR count). The van der Waals surface area contributed by atoms with Crippen LogP contribution in [-0.4, -0.2) is 39.7 Å². The number of aliphatic carboxylic acids is 1. The lowest BCUT2D eigenvalue weighted by Gasteiger charge is -2.20. The molecule has 1 aliphatic rings. The number of carbonyl (C=O) groups is 2. The monoisotopic (exact) mass is 300 g/mol. The first-order valence-electron chi connectivity index (χ1n) is 5.67. The van der Waals surface area contributed by atoms with Crippen molar-refractivity contribution in [3.63, 3.8) is 0 Å². The molecule has 1 saturated heterocycles. The molecule has 0 radical (unpaired) electrons. The second-order valence-corrected chi connectivity index (χ2v) is 5.55. The van der Waals surface area contributed by atoms with Gasteiger partial charge in [-0.25, -0.2) is 9.59 Å². The van der Waals surface area contributed by atoms with Gasteiger partial charge in [-0.15, -0.1) is 11.8 Å². The quantitative estimate of drug-likeness (QED) is 0.896. The zero-order chi connectivity index (χ0) is 13.8. The summed E-state index contributed by atoms with van der Waals surface area (Å²) in [5, 5.41) is 12.3. The molecule has 1 aliphatic heterocycles.